The molecule has 0 aliphatic heterocycles. The van der Waals surface area contributed by atoms with Crippen molar-refractivity contribution < 1.29 is 8.42 Å². The highest BCUT2D eigenvalue weighted by molar-refractivity contribution is 9.11. The van der Waals surface area contributed by atoms with Crippen LogP contribution in [0, 0.1) is 0 Å². The van der Waals surface area contributed by atoms with Crippen molar-refractivity contribution in [3.8, 4) is 0 Å². The van der Waals surface area contributed by atoms with E-state index in [4.69, 9.17) is 0 Å². The summed E-state index contributed by atoms with van der Waals surface area (Å²) >= 11 is 7.30. The van der Waals surface area contributed by atoms with E-state index in [0.29, 0.717) is 4.47 Å². The molecule has 0 bridgehead atoms. The van der Waals surface area contributed by atoms with Crippen LogP contribution in [0.3, 0.4) is 0 Å². The fourth-order valence-corrected chi connectivity index (χ4v) is 4.37. The Morgan fingerprint density at radius 3 is 2.65 bits per heavy atom. The highest BCUT2D eigenvalue weighted by Gasteiger charge is 2.19. The van der Waals surface area contributed by atoms with Crippen molar-refractivity contribution in [1.29, 1.82) is 0 Å². The molecule has 1 aromatic carbocycles. The van der Waals surface area contributed by atoms with Crippen LogP contribution >= 0.6 is 43.4 Å². The molecule has 1 heterocycles. The Hall–Kier alpha value is -0.580. The molecule has 0 radical (unpaired) electrons. The van der Waals surface area contributed by atoms with E-state index < -0.39 is 10.0 Å². The Morgan fingerprint density at radius 2 is 2.06 bits per heavy atom. The smallest absolute Gasteiger partial charge is 0.252 e. The highest BCUT2D eigenvalue weighted by Crippen LogP contribution is 2.27. The van der Waals surface area contributed by atoms with Crippen LogP contribution in [-0.4, -0.2) is 23.2 Å². The number of rotatable bonds is 3. The van der Waals surface area contributed by atoms with Gasteiger partial charge in [0, 0.05) is 20.5 Å². The molecule has 0 atom stereocenters. The number of aromatic nitrogens is 3. The Labute approximate surface area is 118 Å². The van der Waals surface area contributed by atoms with Gasteiger partial charge in [0.05, 0.1) is 0 Å². The molecule has 0 saturated heterocycles. The molecule has 1 aromatic heterocycles. The third-order valence-corrected chi connectivity index (χ3v) is 5.15. The van der Waals surface area contributed by atoms with Crippen molar-refractivity contribution in [2.45, 2.75) is 4.90 Å². The van der Waals surface area contributed by atoms with Crippen LogP contribution in [0.1, 0.15) is 0 Å². The van der Waals surface area contributed by atoms with Gasteiger partial charge in [0.25, 0.3) is 10.0 Å². The zero-order chi connectivity index (χ0) is 12.5. The molecule has 0 aliphatic rings. The van der Waals surface area contributed by atoms with Crippen molar-refractivity contribution in [1.82, 2.24) is 14.8 Å². The number of hydrogen-bond donors (Lipinski definition) is 1. The Bertz CT molecular complexity index is 629. The number of halogens is 2. The zero-order valence-electron chi connectivity index (χ0n) is 7.96. The van der Waals surface area contributed by atoms with E-state index >= 15 is 0 Å². The molecular weight excluding hydrogens is 396 g/mol. The standard InChI is InChI=1S/C7H4Br2N4O2S2/c8-4-1-2-6(5(9)3-4)17(14,15)11-7-10-12-13-16-7/h1-3H,(H,10,11,13). The number of anilines is 1. The molecule has 90 valence electrons. The van der Waals surface area contributed by atoms with Crippen LogP contribution in [0.4, 0.5) is 5.13 Å². The zero-order valence-corrected chi connectivity index (χ0v) is 12.8. The lowest BCUT2D eigenvalue weighted by molar-refractivity contribution is 0.600. The summed E-state index contributed by atoms with van der Waals surface area (Å²) in [6.45, 7) is 0. The predicted molar refractivity (Wildman–Crippen MR) is 70.4 cm³/mol. The number of nitrogens with zero attached hydrogens (tertiary/aromatic N) is 3. The topological polar surface area (TPSA) is 84.8 Å². The molecule has 10 heteroatoms. The van der Waals surface area contributed by atoms with E-state index in [1.807, 2.05) is 0 Å². The largest absolute Gasteiger partial charge is 0.264 e. The van der Waals surface area contributed by atoms with E-state index in [9.17, 15) is 8.42 Å². The lowest BCUT2D eigenvalue weighted by Gasteiger charge is -2.06. The first kappa shape index (κ1) is 12.9. The van der Waals surface area contributed by atoms with Gasteiger partial charge in [0.1, 0.15) is 4.90 Å². The van der Waals surface area contributed by atoms with Crippen LogP contribution in [-0.2, 0) is 10.0 Å². The monoisotopic (exact) mass is 398 g/mol. The van der Waals surface area contributed by atoms with Crippen LogP contribution in [0.15, 0.2) is 32.0 Å². The molecule has 0 unspecified atom stereocenters. The second kappa shape index (κ2) is 4.96. The molecule has 0 amide bonds. The molecular formula is C7H4Br2N4O2S2. The Kier molecular flexibility index (Phi) is 3.76. The summed E-state index contributed by atoms with van der Waals surface area (Å²) in [5.41, 5.74) is 0. The van der Waals surface area contributed by atoms with Crippen molar-refractivity contribution in [3.63, 3.8) is 0 Å². The lowest BCUT2D eigenvalue weighted by atomic mass is 10.4. The fourth-order valence-electron chi connectivity index (χ4n) is 1.04. The quantitative estimate of drug-likeness (QED) is 0.855. The van der Waals surface area contributed by atoms with Gasteiger partial charge in [-0.05, 0) is 39.3 Å². The lowest BCUT2D eigenvalue weighted by Crippen LogP contribution is -2.13. The Morgan fingerprint density at radius 1 is 1.29 bits per heavy atom. The molecule has 0 aliphatic carbocycles. The van der Waals surface area contributed by atoms with Gasteiger partial charge in [0.2, 0.25) is 5.13 Å². The third kappa shape index (κ3) is 3.00. The van der Waals surface area contributed by atoms with E-state index in [0.717, 1.165) is 16.0 Å². The molecule has 17 heavy (non-hydrogen) atoms. The Balaban J connectivity index is 2.38. The first-order chi connectivity index (χ1) is 7.99. The van der Waals surface area contributed by atoms with Crippen LogP contribution in [0.2, 0.25) is 0 Å². The van der Waals surface area contributed by atoms with Gasteiger partial charge < -0.3 is 0 Å². The molecule has 0 fully saturated rings. The van der Waals surface area contributed by atoms with E-state index in [1.54, 1.807) is 12.1 Å². The number of benzene rings is 1. The second-order valence-corrected chi connectivity index (χ2v) is 7.00. The maximum atomic E-state index is 12.0. The van der Waals surface area contributed by atoms with Gasteiger partial charge in [-0.3, -0.25) is 4.72 Å². The van der Waals surface area contributed by atoms with Gasteiger partial charge >= 0.3 is 0 Å². The summed E-state index contributed by atoms with van der Waals surface area (Å²) in [4.78, 5) is 0.121. The predicted octanol–water partition coefficient (Wildman–Crippen LogP) is 2.26. The van der Waals surface area contributed by atoms with Crippen molar-refractivity contribution in [2.24, 2.45) is 0 Å². The van der Waals surface area contributed by atoms with Crippen molar-refractivity contribution in [3.05, 3.63) is 27.1 Å². The maximum absolute atomic E-state index is 12.0. The van der Waals surface area contributed by atoms with Gasteiger partial charge in [-0.25, -0.2) is 8.42 Å². The molecule has 0 saturated carbocycles. The summed E-state index contributed by atoms with van der Waals surface area (Å²) in [6, 6.07) is 4.76. The minimum Gasteiger partial charge on any atom is -0.252 e. The van der Waals surface area contributed by atoms with E-state index in [2.05, 4.69) is 51.4 Å². The van der Waals surface area contributed by atoms with Crippen LogP contribution in [0.25, 0.3) is 0 Å². The summed E-state index contributed by atoms with van der Waals surface area (Å²) in [5.74, 6) is 0. The molecule has 2 rings (SSSR count). The summed E-state index contributed by atoms with van der Waals surface area (Å²) in [5, 5.41) is 6.95. The van der Waals surface area contributed by atoms with Gasteiger partial charge in [-0.15, -0.1) is 0 Å². The van der Waals surface area contributed by atoms with Crippen LogP contribution < -0.4 is 4.72 Å². The molecule has 0 spiro atoms. The van der Waals surface area contributed by atoms with Gasteiger partial charge in [-0.1, -0.05) is 25.5 Å². The summed E-state index contributed by atoms with van der Waals surface area (Å²) < 4.78 is 31.0. The highest BCUT2D eigenvalue weighted by atomic mass is 79.9. The minimum atomic E-state index is -3.68. The van der Waals surface area contributed by atoms with Gasteiger partial charge in [0.15, 0.2) is 0 Å². The first-order valence-corrected chi connectivity index (χ1v) is 7.96. The van der Waals surface area contributed by atoms with Crippen molar-refractivity contribution >= 4 is 58.5 Å². The first-order valence-electron chi connectivity index (χ1n) is 4.12. The molecule has 6 nitrogen and oxygen atoms in total. The second-order valence-electron chi connectivity index (χ2n) is 2.85. The maximum Gasteiger partial charge on any atom is 0.264 e. The number of hydrogen-bond acceptors (Lipinski definition) is 6. The third-order valence-electron chi connectivity index (χ3n) is 1.70. The minimum absolute atomic E-state index is 0.121. The average molecular weight is 400 g/mol. The van der Waals surface area contributed by atoms with E-state index in [-0.39, 0.29) is 10.0 Å². The fraction of sp³-hybridized carbons (Fsp3) is 0. The number of nitrogens with one attached hydrogen (secondary N) is 1. The normalized spacial score (nSPS) is 11.4. The summed E-state index contributed by atoms with van der Waals surface area (Å²) in [6.07, 6.45) is 0. The van der Waals surface area contributed by atoms with Crippen molar-refractivity contribution in [2.75, 3.05) is 4.72 Å². The summed E-state index contributed by atoms with van der Waals surface area (Å²) in [7, 11) is -3.68. The van der Waals surface area contributed by atoms with Crippen LogP contribution in [0.5, 0.6) is 0 Å². The van der Waals surface area contributed by atoms with Gasteiger partial charge in [-0.2, -0.15) is 0 Å². The molecule has 2 aromatic rings. The molecule has 1 N–H and O–H groups in total. The average Bonchev–Trinajstić information content (AvgIpc) is 2.68. The van der Waals surface area contributed by atoms with E-state index in [1.165, 1.54) is 6.07 Å². The number of sulfonamides is 1. The SMILES string of the molecule is O=S(=O)(Nc1nnns1)c1ccc(Br)cc1Br.